The van der Waals surface area contributed by atoms with Gasteiger partial charge in [-0.15, -0.1) is 0 Å². The molecule has 0 aliphatic carbocycles. The lowest BCUT2D eigenvalue weighted by molar-refractivity contribution is 0.415. The Morgan fingerprint density at radius 2 is 2.00 bits per heavy atom. The first-order valence-corrected chi connectivity index (χ1v) is 5.65. The summed E-state index contributed by atoms with van der Waals surface area (Å²) in [6, 6.07) is 15.5. The Labute approximate surface area is 107 Å². The Bertz CT molecular complexity index is 600. The van der Waals surface area contributed by atoms with Gasteiger partial charge in [-0.25, -0.2) is 0 Å². The van der Waals surface area contributed by atoms with E-state index in [-0.39, 0.29) is 0 Å². The number of ether oxygens (including phenoxy) is 1. The fourth-order valence-corrected chi connectivity index (χ4v) is 1.86. The van der Waals surface area contributed by atoms with Crippen molar-refractivity contribution in [2.24, 2.45) is 0 Å². The summed E-state index contributed by atoms with van der Waals surface area (Å²) in [5, 5.41) is 12.1. The zero-order valence-corrected chi connectivity index (χ0v) is 10.4. The summed E-state index contributed by atoms with van der Waals surface area (Å²) in [4.78, 5) is 0. The van der Waals surface area contributed by atoms with Gasteiger partial charge in [0.05, 0.1) is 18.7 Å². The van der Waals surface area contributed by atoms with Crippen molar-refractivity contribution in [3.8, 4) is 22.9 Å². The predicted octanol–water partition coefficient (Wildman–Crippen LogP) is 3.28. The third-order valence-electron chi connectivity index (χ3n) is 2.80. The number of nitrogens with one attached hydrogen (secondary N) is 1. The van der Waals surface area contributed by atoms with Crippen molar-refractivity contribution in [3.05, 3.63) is 48.0 Å². The molecular formula is C15H14N2O. The molecule has 2 aromatic rings. The molecule has 0 amide bonds. The Morgan fingerprint density at radius 3 is 2.67 bits per heavy atom. The molecule has 0 atom stereocenters. The molecule has 2 rings (SSSR count). The summed E-state index contributed by atoms with van der Waals surface area (Å²) >= 11 is 0. The fraction of sp³-hybridized carbons (Fsp3) is 0.133. The first kappa shape index (κ1) is 12.0. The number of hydrogen-bond acceptors (Lipinski definition) is 3. The van der Waals surface area contributed by atoms with E-state index in [0.29, 0.717) is 5.56 Å². The first-order valence-electron chi connectivity index (χ1n) is 5.65. The zero-order chi connectivity index (χ0) is 13.0. The first-order chi connectivity index (χ1) is 8.78. The molecule has 0 heterocycles. The summed E-state index contributed by atoms with van der Waals surface area (Å²) in [5.41, 5.74) is 3.65. The van der Waals surface area contributed by atoms with Crippen molar-refractivity contribution in [3.63, 3.8) is 0 Å². The molecule has 0 spiro atoms. The highest BCUT2D eigenvalue weighted by Gasteiger charge is 2.06. The number of methoxy groups -OCH3 is 1. The van der Waals surface area contributed by atoms with Gasteiger partial charge < -0.3 is 10.1 Å². The van der Waals surface area contributed by atoms with Crippen LogP contribution >= 0.6 is 0 Å². The van der Waals surface area contributed by atoms with E-state index in [1.54, 1.807) is 13.2 Å². The maximum Gasteiger partial charge on any atom is 0.119 e. The number of anilines is 1. The van der Waals surface area contributed by atoms with Gasteiger partial charge in [0.1, 0.15) is 5.75 Å². The maximum atomic E-state index is 8.98. The molecule has 0 radical (unpaired) electrons. The molecule has 0 aromatic heterocycles. The lowest BCUT2D eigenvalue weighted by Crippen LogP contribution is -1.93. The van der Waals surface area contributed by atoms with Crippen LogP contribution in [0.3, 0.4) is 0 Å². The second kappa shape index (κ2) is 5.24. The van der Waals surface area contributed by atoms with E-state index in [0.717, 1.165) is 22.6 Å². The van der Waals surface area contributed by atoms with Crippen LogP contribution in [0, 0.1) is 11.3 Å². The molecule has 0 bridgehead atoms. The quantitative estimate of drug-likeness (QED) is 0.892. The third-order valence-corrected chi connectivity index (χ3v) is 2.80. The molecule has 0 saturated heterocycles. The molecule has 0 saturated carbocycles. The van der Waals surface area contributed by atoms with Crippen LogP contribution in [0.2, 0.25) is 0 Å². The Kier molecular flexibility index (Phi) is 3.49. The maximum absolute atomic E-state index is 8.98. The molecule has 0 fully saturated rings. The molecule has 18 heavy (non-hydrogen) atoms. The zero-order valence-electron chi connectivity index (χ0n) is 10.4. The molecule has 0 aliphatic rings. The molecular weight excluding hydrogens is 224 g/mol. The van der Waals surface area contributed by atoms with Crippen LogP contribution in [-0.4, -0.2) is 14.2 Å². The molecule has 3 heteroatoms. The lowest BCUT2D eigenvalue weighted by atomic mass is 10.0. The van der Waals surface area contributed by atoms with E-state index in [9.17, 15) is 0 Å². The minimum absolute atomic E-state index is 0.645. The summed E-state index contributed by atoms with van der Waals surface area (Å²) in [5.74, 6) is 0.803. The highest BCUT2D eigenvalue weighted by atomic mass is 16.5. The number of benzene rings is 2. The van der Waals surface area contributed by atoms with Gasteiger partial charge >= 0.3 is 0 Å². The van der Waals surface area contributed by atoms with E-state index in [1.807, 2.05) is 43.4 Å². The molecule has 2 aromatic carbocycles. The largest absolute Gasteiger partial charge is 0.497 e. The molecule has 3 nitrogen and oxygen atoms in total. The van der Waals surface area contributed by atoms with Gasteiger partial charge in [-0.05, 0) is 35.9 Å². The van der Waals surface area contributed by atoms with Crippen molar-refractivity contribution in [2.75, 3.05) is 19.5 Å². The topological polar surface area (TPSA) is 45.0 Å². The summed E-state index contributed by atoms with van der Waals surface area (Å²) in [7, 11) is 3.51. The van der Waals surface area contributed by atoms with Crippen molar-refractivity contribution < 1.29 is 4.74 Å². The van der Waals surface area contributed by atoms with Gasteiger partial charge in [0.15, 0.2) is 0 Å². The minimum Gasteiger partial charge on any atom is -0.497 e. The third kappa shape index (κ3) is 2.28. The van der Waals surface area contributed by atoms with Gasteiger partial charge in [-0.1, -0.05) is 12.1 Å². The average molecular weight is 238 g/mol. The number of nitriles is 1. The van der Waals surface area contributed by atoms with E-state index in [4.69, 9.17) is 10.00 Å². The van der Waals surface area contributed by atoms with Crippen LogP contribution in [0.15, 0.2) is 42.5 Å². The summed E-state index contributed by atoms with van der Waals surface area (Å²) in [6.07, 6.45) is 0. The van der Waals surface area contributed by atoms with Crippen molar-refractivity contribution in [2.45, 2.75) is 0 Å². The van der Waals surface area contributed by atoms with Crippen LogP contribution in [0.25, 0.3) is 11.1 Å². The monoisotopic (exact) mass is 238 g/mol. The van der Waals surface area contributed by atoms with Crippen molar-refractivity contribution in [1.82, 2.24) is 0 Å². The molecule has 1 N–H and O–H groups in total. The van der Waals surface area contributed by atoms with E-state index < -0.39 is 0 Å². The number of rotatable bonds is 3. The van der Waals surface area contributed by atoms with Crippen LogP contribution < -0.4 is 10.1 Å². The van der Waals surface area contributed by atoms with Crippen LogP contribution in [0.4, 0.5) is 5.69 Å². The van der Waals surface area contributed by atoms with E-state index >= 15 is 0 Å². The van der Waals surface area contributed by atoms with Crippen LogP contribution in [0.1, 0.15) is 5.56 Å². The second-order valence-corrected chi connectivity index (χ2v) is 3.85. The Hall–Kier alpha value is -2.47. The van der Waals surface area contributed by atoms with Gasteiger partial charge in [0.2, 0.25) is 0 Å². The van der Waals surface area contributed by atoms with E-state index in [1.165, 1.54) is 0 Å². The van der Waals surface area contributed by atoms with Gasteiger partial charge in [-0.2, -0.15) is 5.26 Å². The summed E-state index contributed by atoms with van der Waals surface area (Å²) < 4.78 is 5.22. The average Bonchev–Trinajstić information content (AvgIpc) is 2.46. The van der Waals surface area contributed by atoms with Crippen LogP contribution in [-0.2, 0) is 0 Å². The van der Waals surface area contributed by atoms with E-state index in [2.05, 4.69) is 11.4 Å². The number of hydrogen-bond donors (Lipinski definition) is 1. The smallest absolute Gasteiger partial charge is 0.119 e. The summed E-state index contributed by atoms with van der Waals surface area (Å²) in [6.45, 7) is 0. The fourth-order valence-electron chi connectivity index (χ4n) is 1.86. The SMILES string of the molecule is CNc1ccc(C#N)cc1-c1cccc(OC)c1. The van der Waals surface area contributed by atoms with Crippen LogP contribution in [0.5, 0.6) is 5.75 Å². The van der Waals surface area contributed by atoms with Gasteiger partial charge in [-0.3, -0.25) is 0 Å². The standard InChI is InChI=1S/C15H14N2O/c1-17-15-7-6-11(10-16)8-14(15)12-4-3-5-13(9-12)18-2/h3-9,17H,1-2H3. The second-order valence-electron chi connectivity index (χ2n) is 3.85. The molecule has 0 aliphatic heterocycles. The lowest BCUT2D eigenvalue weighted by Gasteiger charge is -2.10. The predicted molar refractivity (Wildman–Crippen MR) is 72.7 cm³/mol. The normalized spacial score (nSPS) is 9.61. The minimum atomic E-state index is 0.645. The van der Waals surface area contributed by atoms with Crippen molar-refractivity contribution in [1.29, 1.82) is 5.26 Å². The Balaban J connectivity index is 2.57. The molecule has 90 valence electrons. The highest BCUT2D eigenvalue weighted by molar-refractivity contribution is 5.79. The highest BCUT2D eigenvalue weighted by Crippen LogP contribution is 2.30. The van der Waals surface area contributed by atoms with Gasteiger partial charge in [0, 0.05) is 18.3 Å². The number of nitrogens with zero attached hydrogens (tertiary/aromatic N) is 1. The Morgan fingerprint density at radius 1 is 1.17 bits per heavy atom. The molecule has 0 unspecified atom stereocenters. The van der Waals surface area contributed by atoms with Gasteiger partial charge in [0.25, 0.3) is 0 Å². The van der Waals surface area contributed by atoms with Crippen molar-refractivity contribution >= 4 is 5.69 Å².